The first kappa shape index (κ1) is 10.0. The SMILES string of the molecule is COCC(=O)Nc1[c]ccc(Cl)c1. The number of methoxy groups -OCH3 is 1. The lowest BCUT2D eigenvalue weighted by Gasteiger charge is -2.03. The van der Waals surface area contributed by atoms with E-state index in [4.69, 9.17) is 11.6 Å². The zero-order valence-corrected chi connectivity index (χ0v) is 7.89. The van der Waals surface area contributed by atoms with Gasteiger partial charge in [0.2, 0.25) is 5.91 Å². The number of hydrogen-bond donors (Lipinski definition) is 1. The molecule has 0 aliphatic carbocycles. The summed E-state index contributed by atoms with van der Waals surface area (Å²) >= 11 is 5.70. The third-order valence-electron chi connectivity index (χ3n) is 1.31. The fourth-order valence-corrected chi connectivity index (χ4v) is 1.00. The smallest absolute Gasteiger partial charge is 0.250 e. The molecule has 0 atom stereocenters. The van der Waals surface area contributed by atoms with Crippen molar-refractivity contribution in [1.29, 1.82) is 0 Å². The van der Waals surface area contributed by atoms with Crippen LogP contribution >= 0.6 is 11.6 Å². The lowest BCUT2D eigenvalue weighted by atomic mass is 10.3. The Balaban J connectivity index is 2.58. The van der Waals surface area contributed by atoms with E-state index in [1.807, 2.05) is 0 Å². The number of anilines is 1. The zero-order valence-electron chi connectivity index (χ0n) is 7.13. The van der Waals surface area contributed by atoms with Gasteiger partial charge in [0, 0.05) is 18.2 Å². The largest absolute Gasteiger partial charge is 0.375 e. The highest BCUT2D eigenvalue weighted by Gasteiger charge is 2.00. The molecule has 1 aromatic carbocycles. The average Bonchev–Trinajstić information content (AvgIpc) is 2.04. The molecule has 0 aromatic heterocycles. The summed E-state index contributed by atoms with van der Waals surface area (Å²) < 4.78 is 4.65. The fourth-order valence-electron chi connectivity index (χ4n) is 0.828. The molecule has 0 unspecified atom stereocenters. The number of rotatable bonds is 3. The predicted octanol–water partition coefficient (Wildman–Crippen LogP) is 1.73. The van der Waals surface area contributed by atoms with Gasteiger partial charge in [0.15, 0.2) is 0 Å². The molecule has 1 aromatic rings. The molecule has 0 aliphatic heterocycles. The molecule has 3 nitrogen and oxygen atoms in total. The summed E-state index contributed by atoms with van der Waals surface area (Å²) in [6.45, 7) is 0.0281. The fraction of sp³-hybridized carbons (Fsp3) is 0.222. The van der Waals surface area contributed by atoms with Crippen molar-refractivity contribution in [3.05, 3.63) is 29.3 Å². The number of halogens is 1. The molecule has 0 saturated carbocycles. The molecule has 69 valence electrons. The van der Waals surface area contributed by atoms with Crippen molar-refractivity contribution in [2.24, 2.45) is 0 Å². The third-order valence-corrected chi connectivity index (χ3v) is 1.55. The van der Waals surface area contributed by atoms with E-state index in [9.17, 15) is 4.79 Å². The van der Waals surface area contributed by atoms with Gasteiger partial charge in [-0.25, -0.2) is 0 Å². The minimum absolute atomic E-state index is 0.0281. The summed E-state index contributed by atoms with van der Waals surface area (Å²) in [6, 6.07) is 7.78. The zero-order chi connectivity index (χ0) is 9.68. The lowest BCUT2D eigenvalue weighted by Crippen LogP contribution is -2.16. The summed E-state index contributed by atoms with van der Waals surface area (Å²) in [7, 11) is 1.46. The second kappa shape index (κ2) is 4.84. The Kier molecular flexibility index (Phi) is 3.73. The van der Waals surface area contributed by atoms with Crippen molar-refractivity contribution >= 4 is 23.2 Å². The first-order valence-electron chi connectivity index (χ1n) is 3.68. The summed E-state index contributed by atoms with van der Waals surface area (Å²) in [5, 5.41) is 3.14. The molecule has 1 rings (SSSR count). The highest BCUT2D eigenvalue weighted by atomic mass is 35.5. The van der Waals surface area contributed by atoms with Gasteiger partial charge in [-0.1, -0.05) is 17.7 Å². The van der Waals surface area contributed by atoms with E-state index < -0.39 is 0 Å². The molecule has 0 spiro atoms. The quantitative estimate of drug-likeness (QED) is 0.803. The number of ether oxygens (including phenoxy) is 1. The molecule has 4 heteroatoms. The molecular weight excluding hydrogens is 190 g/mol. The average molecular weight is 199 g/mol. The molecular formula is C9H9ClNO2. The van der Waals surface area contributed by atoms with Crippen molar-refractivity contribution in [3.63, 3.8) is 0 Å². The van der Waals surface area contributed by atoms with Crippen LogP contribution in [0.25, 0.3) is 0 Å². The lowest BCUT2D eigenvalue weighted by molar-refractivity contribution is -0.119. The molecule has 1 amide bonds. The van der Waals surface area contributed by atoms with Gasteiger partial charge < -0.3 is 10.1 Å². The summed E-state index contributed by atoms with van der Waals surface area (Å²) in [6.07, 6.45) is 0. The molecule has 0 heterocycles. The van der Waals surface area contributed by atoms with E-state index in [2.05, 4.69) is 16.1 Å². The van der Waals surface area contributed by atoms with E-state index in [-0.39, 0.29) is 12.5 Å². The molecule has 0 fully saturated rings. The van der Waals surface area contributed by atoms with Gasteiger partial charge in [0.25, 0.3) is 0 Å². The maximum atomic E-state index is 11.0. The van der Waals surface area contributed by atoms with E-state index in [1.165, 1.54) is 7.11 Å². The van der Waals surface area contributed by atoms with Crippen molar-refractivity contribution in [2.75, 3.05) is 19.0 Å². The molecule has 1 N–H and O–H groups in total. The van der Waals surface area contributed by atoms with Crippen LogP contribution in [-0.4, -0.2) is 19.6 Å². The van der Waals surface area contributed by atoms with Crippen LogP contribution in [0.4, 0.5) is 5.69 Å². The Morgan fingerprint density at radius 1 is 1.77 bits per heavy atom. The first-order valence-corrected chi connectivity index (χ1v) is 4.06. The number of amides is 1. The molecule has 0 aliphatic rings. The Bertz CT molecular complexity index is 301. The minimum atomic E-state index is -0.221. The third kappa shape index (κ3) is 3.44. The van der Waals surface area contributed by atoms with Gasteiger partial charge in [-0.05, 0) is 12.1 Å². The Labute approximate surface area is 81.7 Å². The van der Waals surface area contributed by atoms with Crippen molar-refractivity contribution in [1.82, 2.24) is 0 Å². The van der Waals surface area contributed by atoms with Crippen molar-refractivity contribution in [3.8, 4) is 0 Å². The van der Waals surface area contributed by atoms with E-state index in [0.717, 1.165) is 0 Å². The summed E-state index contributed by atoms with van der Waals surface area (Å²) in [4.78, 5) is 11.0. The number of nitrogens with one attached hydrogen (secondary N) is 1. The highest BCUT2D eigenvalue weighted by molar-refractivity contribution is 6.30. The van der Waals surface area contributed by atoms with Gasteiger partial charge in [-0.3, -0.25) is 4.79 Å². The normalized spacial score (nSPS) is 9.69. The van der Waals surface area contributed by atoms with Crippen molar-refractivity contribution in [2.45, 2.75) is 0 Å². The Morgan fingerprint density at radius 3 is 3.15 bits per heavy atom. The van der Waals surface area contributed by atoms with Gasteiger partial charge in [0.05, 0.1) is 5.69 Å². The Morgan fingerprint density at radius 2 is 2.54 bits per heavy atom. The number of carbonyl (C=O) groups excluding carboxylic acids is 1. The van der Waals surface area contributed by atoms with Gasteiger partial charge >= 0.3 is 0 Å². The van der Waals surface area contributed by atoms with Crippen LogP contribution in [0.3, 0.4) is 0 Å². The van der Waals surface area contributed by atoms with Crippen LogP contribution in [0.15, 0.2) is 18.2 Å². The van der Waals surface area contributed by atoms with Gasteiger partial charge in [-0.15, -0.1) is 0 Å². The van der Waals surface area contributed by atoms with Gasteiger partial charge in [-0.2, -0.15) is 0 Å². The van der Waals surface area contributed by atoms with Crippen LogP contribution in [-0.2, 0) is 9.53 Å². The first-order chi connectivity index (χ1) is 6.22. The van der Waals surface area contributed by atoms with Gasteiger partial charge in [0.1, 0.15) is 6.61 Å². The second-order valence-electron chi connectivity index (χ2n) is 2.40. The maximum Gasteiger partial charge on any atom is 0.250 e. The maximum absolute atomic E-state index is 11.0. The number of benzene rings is 1. The number of carbonyl (C=O) groups is 1. The highest BCUT2D eigenvalue weighted by Crippen LogP contribution is 2.13. The molecule has 0 bridgehead atoms. The Hall–Kier alpha value is -1.06. The topological polar surface area (TPSA) is 38.3 Å². The predicted molar refractivity (Wildman–Crippen MR) is 50.8 cm³/mol. The summed E-state index contributed by atoms with van der Waals surface area (Å²) in [5.41, 5.74) is 0.551. The molecule has 13 heavy (non-hydrogen) atoms. The van der Waals surface area contributed by atoms with Crippen LogP contribution in [0, 0.1) is 6.07 Å². The number of hydrogen-bond acceptors (Lipinski definition) is 2. The van der Waals surface area contributed by atoms with E-state index in [1.54, 1.807) is 18.2 Å². The standard InChI is InChI=1S/C9H9ClNO2/c1-13-6-9(12)11-8-4-2-3-7(10)5-8/h2-3,5H,6H2,1H3,(H,11,12). The van der Waals surface area contributed by atoms with Crippen LogP contribution in [0.2, 0.25) is 5.02 Å². The van der Waals surface area contributed by atoms with Crippen LogP contribution < -0.4 is 5.32 Å². The molecule has 0 saturated heterocycles. The van der Waals surface area contributed by atoms with Crippen LogP contribution in [0.1, 0.15) is 0 Å². The van der Waals surface area contributed by atoms with E-state index >= 15 is 0 Å². The van der Waals surface area contributed by atoms with E-state index in [0.29, 0.717) is 10.7 Å². The second-order valence-corrected chi connectivity index (χ2v) is 2.84. The van der Waals surface area contributed by atoms with Crippen LogP contribution in [0.5, 0.6) is 0 Å². The van der Waals surface area contributed by atoms with Crippen molar-refractivity contribution < 1.29 is 9.53 Å². The monoisotopic (exact) mass is 198 g/mol. The molecule has 1 radical (unpaired) electrons. The summed E-state index contributed by atoms with van der Waals surface area (Å²) in [5.74, 6) is -0.221. The minimum Gasteiger partial charge on any atom is -0.375 e.